The fourth-order valence-electron chi connectivity index (χ4n) is 2.79. The fourth-order valence-corrected chi connectivity index (χ4v) is 2.79. The second kappa shape index (κ2) is 5.88. The smallest absolute Gasteiger partial charge is 0.248 e. The molecule has 2 rings (SSSR count). The Bertz CT molecular complexity index is 548. The Labute approximate surface area is 126 Å². The first-order chi connectivity index (χ1) is 9.87. The van der Waals surface area contributed by atoms with Crippen LogP contribution in [0.3, 0.4) is 0 Å². The van der Waals surface area contributed by atoms with Crippen LogP contribution in [0.5, 0.6) is 0 Å². The van der Waals surface area contributed by atoms with Crippen molar-refractivity contribution >= 4 is 11.8 Å². The van der Waals surface area contributed by atoms with Crippen LogP contribution in [0, 0.1) is 13.8 Å². The molecule has 0 aliphatic carbocycles. The molecule has 1 heterocycles. The molecular formula is C17H24N2O2. The topological polar surface area (TPSA) is 49.4 Å². The minimum Gasteiger partial charge on any atom is -0.342 e. The van der Waals surface area contributed by atoms with E-state index < -0.39 is 5.54 Å². The molecule has 114 valence electrons. The molecule has 1 atom stereocenters. The zero-order chi connectivity index (χ0) is 15.6. The van der Waals surface area contributed by atoms with Crippen LogP contribution >= 0.6 is 0 Å². The number of benzene rings is 1. The van der Waals surface area contributed by atoms with E-state index in [0.717, 1.165) is 0 Å². The van der Waals surface area contributed by atoms with Gasteiger partial charge in [-0.1, -0.05) is 25.1 Å². The maximum Gasteiger partial charge on any atom is 0.248 e. The average Bonchev–Trinajstić information content (AvgIpc) is 2.54. The van der Waals surface area contributed by atoms with Gasteiger partial charge in [0.2, 0.25) is 11.8 Å². The highest BCUT2D eigenvalue weighted by Gasteiger charge is 2.39. The normalized spacial score (nSPS) is 23.0. The highest BCUT2D eigenvalue weighted by atomic mass is 16.2. The van der Waals surface area contributed by atoms with Crippen LogP contribution in [0.1, 0.15) is 43.4 Å². The number of amides is 2. The van der Waals surface area contributed by atoms with E-state index in [9.17, 15) is 9.59 Å². The number of nitrogens with one attached hydrogen (secondary N) is 1. The summed E-state index contributed by atoms with van der Waals surface area (Å²) in [7, 11) is 0. The third-order valence-corrected chi connectivity index (χ3v) is 4.48. The monoisotopic (exact) mass is 288 g/mol. The third kappa shape index (κ3) is 3.09. The molecule has 0 spiro atoms. The van der Waals surface area contributed by atoms with Gasteiger partial charge in [-0.2, -0.15) is 0 Å². The average molecular weight is 288 g/mol. The Morgan fingerprint density at radius 1 is 1.24 bits per heavy atom. The van der Waals surface area contributed by atoms with Gasteiger partial charge in [-0.25, -0.2) is 0 Å². The number of rotatable bonds is 3. The number of carbonyl (C=O) groups excluding carboxylic acids is 2. The number of hydrogen-bond acceptors (Lipinski definition) is 2. The molecule has 4 heteroatoms. The predicted molar refractivity (Wildman–Crippen MR) is 82.8 cm³/mol. The summed E-state index contributed by atoms with van der Waals surface area (Å²) in [6, 6.07) is 6.15. The maximum absolute atomic E-state index is 12.8. The second-order valence-electron chi connectivity index (χ2n) is 6.08. The number of nitrogens with zero attached hydrogens (tertiary/aromatic N) is 1. The number of carbonyl (C=O) groups is 2. The zero-order valence-corrected chi connectivity index (χ0v) is 13.3. The Morgan fingerprint density at radius 2 is 1.86 bits per heavy atom. The van der Waals surface area contributed by atoms with Gasteiger partial charge in [0.05, 0.1) is 0 Å². The van der Waals surface area contributed by atoms with Gasteiger partial charge in [0.15, 0.2) is 0 Å². The highest BCUT2D eigenvalue weighted by Crippen LogP contribution is 2.22. The van der Waals surface area contributed by atoms with Gasteiger partial charge < -0.3 is 10.2 Å². The first kappa shape index (κ1) is 15.5. The molecule has 21 heavy (non-hydrogen) atoms. The van der Waals surface area contributed by atoms with Crippen LogP contribution in [0.2, 0.25) is 0 Å². The van der Waals surface area contributed by atoms with E-state index in [-0.39, 0.29) is 11.8 Å². The standard InChI is InChI=1S/C17H24N2O2/c1-5-17(4)16(21)19(10-9-15(20)18-17)11-14-12(2)7-6-8-13(14)3/h6-8H,5,9-11H2,1-4H3,(H,18,20). The molecule has 1 aliphatic heterocycles. The molecule has 1 unspecified atom stereocenters. The fraction of sp³-hybridized carbons (Fsp3) is 0.529. The lowest BCUT2D eigenvalue weighted by Gasteiger charge is -2.31. The minimum atomic E-state index is -0.788. The van der Waals surface area contributed by atoms with E-state index in [2.05, 4.69) is 31.3 Å². The summed E-state index contributed by atoms with van der Waals surface area (Å²) in [5, 5.41) is 2.87. The second-order valence-corrected chi connectivity index (χ2v) is 6.08. The van der Waals surface area contributed by atoms with Crippen molar-refractivity contribution in [1.82, 2.24) is 10.2 Å². The van der Waals surface area contributed by atoms with Crippen LogP contribution in [0.15, 0.2) is 18.2 Å². The lowest BCUT2D eigenvalue weighted by atomic mass is 9.96. The Balaban J connectivity index is 2.30. The number of hydrogen-bond donors (Lipinski definition) is 1. The summed E-state index contributed by atoms with van der Waals surface area (Å²) in [6.45, 7) is 8.92. The van der Waals surface area contributed by atoms with Crippen molar-refractivity contribution in [1.29, 1.82) is 0 Å². The molecule has 2 amide bonds. The number of aryl methyl sites for hydroxylation is 2. The van der Waals surface area contributed by atoms with Crippen molar-refractivity contribution in [3.63, 3.8) is 0 Å². The lowest BCUT2D eigenvalue weighted by Crippen LogP contribution is -2.54. The summed E-state index contributed by atoms with van der Waals surface area (Å²) >= 11 is 0. The Hall–Kier alpha value is -1.84. The van der Waals surface area contributed by atoms with Crippen molar-refractivity contribution in [3.05, 3.63) is 34.9 Å². The van der Waals surface area contributed by atoms with Gasteiger partial charge in [-0.05, 0) is 43.9 Å². The van der Waals surface area contributed by atoms with Crippen molar-refractivity contribution in [2.24, 2.45) is 0 Å². The van der Waals surface area contributed by atoms with Crippen LogP contribution in [0.4, 0.5) is 0 Å². The van der Waals surface area contributed by atoms with Gasteiger partial charge in [-0.3, -0.25) is 9.59 Å². The summed E-state index contributed by atoms with van der Waals surface area (Å²) in [4.78, 5) is 26.4. The van der Waals surface area contributed by atoms with Gasteiger partial charge >= 0.3 is 0 Å². The molecule has 1 saturated heterocycles. The summed E-state index contributed by atoms with van der Waals surface area (Å²) in [5.41, 5.74) is 2.76. The van der Waals surface area contributed by atoms with E-state index in [4.69, 9.17) is 0 Å². The molecule has 0 aromatic heterocycles. The molecule has 0 radical (unpaired) electrons. The van der Waals surface area contributed by atoms with E-state index in [1.54, 1.807) is 0 Å². The quantitative estimate of drug-likeness (QED) is 0.928. The van der Waals surface area contributed by atoms with Gasteiger partial charge in [-0.15, -0.1) is 0 Å². The first-order valence-corrected chi connectivity index (χ1v) is 7.53. The maximum atomic E-state index is 12.8. The molecule has 1 N–H and O–H groups in total. The van der Waals surface area contributed by atoms with Crippen molar-refractivity contribution in [2.45, 2.75) is 52.6 Å². The van der Waals surface area contributed by atoms with Crippen molar-refractivity contribution in [3.8, 4) is 0 Å². The van der Waals surface area contributed by atoms with E-state index in [1.165, 1.54) is 16.7 Å². The summed E-state index contributed by atoms with van der Waals surface area (Å²) in [6.07, 6.45) is 0.965. The van der Waals surface area contributed by atoms with Gasteiger partial charge in [0, 0.05) is 19.5 Å². The van der Waals surface area contributed by atoms with E-state index in [1.807, 2.05) is 24.8 Å². The Morgan fingerprint density at radius 3 is 2.43 bits per heavy atom. The molecule has 1 aliphatic rings. The molecule has 1 fully saturated rings. The Kier molecular flexibility index (Phi) is 4.35. The van der Waals surface area contributed by atoms with Crippen molar-refractivity contribution in [2.75, 3.05) is 6.54 Å². The van der Waals surface area contributed by atoms with Crippen molar-refractivity contribution < 1.29 is 9.59 Å². The van der Waals surface area contributed by atoms with Crippen LogP contribution in [0.25, 0.3) is 0 Å². The lowest BCUT2D eigenvalue weighted by molar-refractivity contribution is -0.138. The van der Waals surface area contributed by atoms with Gasteiger partial charge in [0.1, 0.15) is 5.54 Å². The summed E-state index contributed by atoms with van der Waals surface area (Å²) in [5.74, 6) is -0.0322. The molecule has 1 aromatic rings. The predicted octanol–water partition coefficient (Wildman–Crippen LogP) is 2.32. The minimum absolute atomic E-state index is 0.0125. The van der Waals surface area contributed by atoms with E-state index in [0.29, 0.717) is 25.9 Å². The largest absolute Gasteiger partial charge is 0.342 e. The molecule has 1 aromatic carbocycles. The van der Waals surface area contributed by atoms with Crippen LogP contribution in [-0.2, 0) is 16.1 Å². The SMILES string of the molecule is CCC1(C)NC(=O)CCN(Cc2c(C)cccc2C)C1=O. The molecule has 0 bridgehead atoms. The van der Waals surface area contributed by atoms with Gasteiger partial charge in [0.25, 0.3) is 0 Å². The highest BCUT2D eigenvalue weighted by molar-refractivity contribution is 5.93. The zero-order valence-electron chi connectivity index (χ0n) is 13.3. The van der Waals surface area contributed by atoms with E-state index >= 15 is 0 Å². The molecule has 0 saturated carbocycles. The van der Waals surface area contributed by atoms with Crippen LogP contribution < -0.4 is 5.32 Å². The van der Waals surface area contributed by atoms with Crippen LogP contribution in [-0.4, -0.2) is 28.8 Å². The third-order valence-electron chi connectivity index (χ3n) is 4.48. The molecule has 4 nitrogen and oxygen atoms in total. The molecular weight excluding hydrogens is 264 g/mol. The summed E-state index contributed by atoms with van der Waals surface area (Å²) < 4.78 is 0. The first-order valence-electron chi connectivity index (χ1n) is 7.53.